The highest BCUT2D eigenvalue weighted by atomic mass is 16.3. The number of rotatable bonds is 1. The second-order valence-electron chi connectivity index (χ2n) is 3.86. The summed E-state index contributed by atoms with van der Waals surface area (Å²) in [5.41, 5.74) is 2.10. The minimum absolute atomic E-state index is 0.314. The molecule has 1 atom stereocenters. The van der Waals surface area contributed by atoms with Crippen LogP contribution in [0.5, 0.6) is 0 Å². The highest BCUT2D eigenvalue weighted by Gasteiger charge is 2.21. The van der Waals surface area contributed by atoms with Crippen molar-refractivity contribution in [3.63, 3.8) is 0 Å². The van der Waals surface area contributed by atoms with Gasteiger partial charge >= 0.3 is 0 Å². The first-order valence-electron chi connectivity index (χ1n) is 4.93. The predicted molar refractivity (Wildman–Crippen MR) is 57.4 cm³/mol. The summed E-state index contributed by atoms with van der Waals surface area (Å²) in [4.78, 5) is 1.95. The van der Waals surface area contributed by atoms with Crippen molar-refractivity contribution < 1.29 is 5.11 Å². The zero-order valence-electron chi connectivity index (χ0n) is 8.51. The summed E-state index contributed by atoms with van der Waals surface area (Å²) in [6.45, 7) is 4.14. The molecule has 1 heterocycles. The molecule has 2 rings (SSSR count). The Kier molecular flexibility index (Phi) is 2.30. The molecule has 0 aliphatic carbocycles. The first-order chi connectivity index (χ1) is 6.70. The van der Waals surface area contributed by atoms with Crippen molar-refractivity contribution in [3.8, 4) is 0 Å². The number of aliphatic hydroxyl groups excluding tert-OH is 1. The SMILES string of the molecule is CC(C)N1C=Cc2ccccc2C1O. The molecule has 2 nitrogen and oxygen atoms in total. The molecule has 0 bridgehead atoms. The average Bonchev–Trinajstić information content (AvgIpc) is 2.18. The number of aliphatic hydroxyl groups is 1. The largest absolute Gasteiger partial charge is 0.369 e. The minimum atomic E-state index is -0.504. The number of nitrogens with zero attached hydrogens (tertiary/aromatic N) is 1. The number of hydrogen-bond donors (Lipinski definition) is 1. The van der Waals surface area contributed by atoms with E-state index in [-0.39, 0.29) is 0 Å². The molecule has 1 aliphatic rings. The smallest absolute Gasteiger partial charge is 0.153 e. The number of benzene rings is 1. The Hall–Kier alpha value is -1.28. The van der Waals surface area contributed by atoms with Crippen molar-refractivity contribution >= 4 is 6.08 Å². The fourth-order valence-corrected chi connectivity index (χ4v) is 1.76. The van der Waals surface area contributed by atoms with E-state index in [1.807, 2.05) is 41.4 Å². The first kappa shape index (κ1) is 9.28. The molecule has 0 saturated heterocycles. The van der Waals surface area contributed by atoms with Crippen LogP contribution < -0.4 is 0 Å². The lowest BCUT2D eigenvalue weighted by Crippen LogP contribution is -2.32. The number of fused-ring (bicyclic) bond motifs is 1. The van der Waals surface area contributed by atoms with E-state index in [9.17, 15) is 5.11 Å². The van der Waals surface area contributed by atoms with Gasteiger partial charge in [0, 0.05) is 17.8 Å². The Morgan fingerprint density at radius 3 is 2.71 bits per heavy atom. The van der Waals surface area contributed by atoms with E-state index < -0.39 is 6.23 Å². The molecule has 2 heteroatoms. The maximum Gasteiger partial charge on any atom is 0.153 e. The third-order valence-corrected chi connectivity index (χ3v) is 2.58. The maximum atomic E-state index is 10.1. The quantitative estimate of drug-likeness (QED) is 0.733. The molecule has 0 radical (unpaired) electrons. The maximum absolute atomic E-state index is 10.1. The highest BCUT2D eigenvalue weighted by Crippen LogP contribution is 2.29. The van der Waals surface area contributed by atoms with E-state index in [1.165, 1.54) is 0 Å². The zero-order chi connectivity index (χ0) is 10.1. The van der Waals surface area contributed by atoms with Gasteiger partial charge in [0.2, 0.25) is 0 Å². The number of hydrogen-bond acceptors (Lipinski definition) is 2. The third kappa shape index (κ3) is 1.42. The van der Waals surface area contributed by atoms with Crippen LogP contribution in [0.25, 0.3) is 6.08 Å². The molecule has 74 valence electrons. The molecule has 0 saturated carbocycles. The van der Waals surface area contributed by atoms with Gasteiger partial charge in [-0.25, -0.2) is 0 Å². The lowest BCUT2D eigenvalue weighted by molar-refractivity contribution is 0.0160. The van der Waals surface area contributed by atoms with Crippen LogP contribution in [-0.2, 0) is 0 Å². The molecule has 0 aromatic heterocycles. The summed E-state index contributed by atoms with van der Waals surface area (Å²) in [6, 6.07) is 8.25. The Bertz CT molecular complexity index is 357. The normalized spacial score (nSPS) is 20.0. The van der Waals surface area contributed by atoms with Crippen LogP contribution in [0.1, 0.15) is 31.2 Å². The Balaban J connectivity index is 2.40. The van der Waals surface area contributed by atoms with Crippen LogP contribution in [0.2, 0.25) is 0 Å². The van der Waals surface area contributed by atoms with Crippen LogP contribution in [0.15, 0.2) is 30.5 Å². The van der Waals surface area contributed by atoms with Gasteiger partial charge < -0.3 is 10.0 Å². The summed E-state index contributed by atoms with van der Waals surface area (Å²) in [7, 11) is 0. The van der Waals surface area contributed by atoms with Gasteiger partial charge in [0.25, 0.3) is 0 Å². The molecular formula is C12H15NO. The predicted octanol–water partition coefficient (Wildman–Crippen LogP) is 2.37. The van der Waals surface area contributed by atoms with Crippen LogP contribution in [-0.4, -0.2) is 16.0 Å². The second-order valence-corrected chi connectivity index (χ2v) is 3.86. The van der Waals surface area contributed by atoms with Crippen LogP contribution in [0.3, 0.4) is 0 Å². The molecule has 14 heavy (non-hydrogen) atoms. The van der Waals surface area contributed by atoms with E-state index in [0.717, 1.165) is 11.1 Å². The van der Waals surface area contributed by atoms with Crippen molar-refractivity contribution in [2.75, 3.05) is 0 Å². The van der Waals surface area contributed by atoms with Gasteiger partial charge in [0.1, 0.15) is 0 Å². The highest BCUT2D eigenvalue weighted by molar-refractivity contribution is 5.56. The van der Waals surface area contributed by atoms with Crippen molar-refractivity contribution in [2.24, 2.45) is 0 Å². The summed E-state index contributed by atoms with van der Waals surface area (Å²) >= 11 is 0. The van der Waals surface area contributed by atoms with Gasteiger partial charge in [0.05, 0.1) is 0 Å². The summed E-state index contributed by atoms with van der Waals surface area (Å²) < 4.78 is 0. The van der Waals surface area contributed by atoms with E-state index in [1.54, 1.807) is 0 Å². The van der Waals surface area contributed by atoms with E-state index >= 15 is 0 Å². The molecule has 1 unspecified atom stereocenters. The van der Waals surface area contributed by atoms with Gasteiger partial charge in [-0.2, -0.15) is 0 Å². The first-order valence-corrected chi connectivity index (χ1v) is 4.93. The van der Waals surface area contributed by atoms with Crippen molar-refractivity contribution in [1.29, 1.82) is 0 Å². The van der Waals surface area contributed by atoms with Gasteiger partial charge in [-0.05, 0) is 25.5 Å². The van der Waals surface area contributed by atoms with Crippen molar-refractivity contribution in [3.05, 3.63) is 41.6 Å². The molecule has 1 aromatic carbocycles. The van der Waals surface area contributed by atoms with Gasteiger partial charge in [-0.15, -0.1) is 0 Å². The van der Waals surface area contributed by atoms with E-state index in [4.69, 9.17) is 0 Å². The van der Waals surface area contributed by atoms with Crippen LogP contribution in [0.4, 0.5) is 0 Å². The Morgan fingerprint density at radius 1 is 1.29 bits per heavy atom. The average molecular weight is 189 g/mol. The van der Waals surface area contributed by atoms with E-state index in [0.29, 0.717) is 6.04 Å². The molecule has 0 fully saturated rings. The molecule has 1 N–H and O–H groups in total. The van der Waals surface area contributed by atoms with Crippen molar-refractivity contribution in [1.82, 2.24) is 4.90 Å². The Morgan fingerprint density at radius 2 is 2.00 bits per heavy atom. The second kappa shape index (κ2) is 3.46. The monoisotopic (exact) mass is 189 g/mol. The lowest BCUT2D eigenvalue weighted by atomic mass is 10.0. The fraction of sp³-hybridized carbons (Fsp3) is 0.333. The van der Waals surface area contributed by atoms with Gasteiger partial charge in [-0.3, -0.25) is 0 Å². The molecule has 0 amide bonds. The van der Waals surface area contributed by atoms with Gasteiger partial charge in [-0.1, -0.05) is 24.3 Å². The lowest BCUT2D eigenvalue weighted by Gasteiger charge is -2.34. The van der Waals surface area contributed by atoms with Crippen LogP contribution >= 0.6 is 0 Å². The Labute approximate surface area is 84.5 Å². The molecule has 1 aromatic rings. The summed E-state index contributed by atoms with van der Waals surface area (Å²) in [5, 5.41) is 10.1. The molecule has 1 aliphatic heterocycles. The van der Waals surface area contributed by atoms with Crippen molar-refractivity contribution in [2.45, 2.75) is 26.1 Å². The minimum Gasteiger partial charge on any atom is -0.369 e. The fourth-order valence-electron chi connectivity index (χ4n) is 1.76. The standard InChI is InChI=1S/C12H15NO/c1-9(2)13-8-7-10-5-3-4-6-11(10)12(13)14/h3-9,12,14H,1-2H3. The van der Waals surface area contributed by atoms with Crippen LogP contribution in [0, 0.1) is 0 Å². The zero-order valence-corrected chi connectivity index (χ0v) is 8.51. The van der Waals surface area contributed by atoms with E-state index in [2.05, 4.69) is 13.8 Å². The summed E-state index contributed by atoms with van der Waals surface area (Å²) in [6.07, 6.45) is 3.50. The molecule has 0 spiro atoms. The molecular weight excluding hydrogens is 174 g/mol. The third-order valence-electron chi connectivity index (χ3n) is 2.58. The summed E-state index contributed by atoms with van der Waals surface area (Å²) in [5.74, 6) is 0. The topological polar surface area (TPSA) is 23.5 Å². The van der Waals surface area contributed by atoms with Gasteiger partial charge in [0.15, 0.2) is 6.23 Å².